The van der Waals surface area contributed by atoms with Gasteiger partial charge in [-0.25, -0.2) is 0 Å². The highest BCUT2D eigenvalue weighted by atomic mass is 16.6. The smallest absolute Gasteiger partial charge is 0.315 e. The minimum Gasteiger partial charge on any atom is -0.462 e. The zero-order chi connectivity index (χ0) is 16.4. The van der Waals surface area contributed by atoms with Crippen LogP contribution in [0.4, 0.5) is 0 Å². The monoisotopic (exact) mass is 322 g/mol. The van der Waals surface area contributed by atoms with Crippen LogP contribution < -0.4 is 5.32 Å². The van der Waals surface area contributed by atoms with Crippen molar-refractivity contribution >= 4 is 5.97 Å². The summed E-state index contributed by atoms with van der Waals surface area (Å²) in [4.78, 5) is 12.5. The van der Waals surface area contributed by atoms with Gasteiger partial charge in [-0.05, 0) is 25.2 Å². The van der Waals surface area contributed by atoms with Crippen molar-refractivity contribution in [1.29, 1.82) is 0 Å². The average molecular weight is 322 g/mol. The van der Waals surface area contributed by atoms with Crippen molar-refractivity contribution in [3.8, 4) is 0 Å². The van der Waals surface area contributed by atoms with Crippen molar-refractivity contribution in [2.75, 3.05) is 13.1 Å². The highest BCUT2D eigenvalue weighted by Crippen LogP contribution is 2.70. The molecule has 2 saturated carbocycles. The molecule has 2 saturated heterocycles. The van der Waals surface area contributed by atoms with Gasteiger partial charge in [0.1, 0.15) is 17.6 Å². The maximum Gasteiger partial charge on any atom is 0.315 e. The summed E-state index contributed by atoms with van der Waals surface area (Å²) in [6.07, 6.45) is 5.12. The van der Waals surface area contributed by atoms with E-state index in [0.29, 0.717) is 17.8 Å². The number of ether oxygens (including phenoxy) is 2. The largest absolute Gasteiger partial charge is 0.462 e. The van der Waals surface area contributed by atoms with Crippen LogP contribution in [-0.4, -0.2) is 36.9 Å². The van der Waals surface area contributed by atoms with E-state index in [9.17, 15) is 4.79 Å². The molecule has 4 nitrogen and oxygen atoms in total. The molecule has 1 spiro atoms. The number of fused-ring (bicyclic) bond motifs is 2. The van der Waals surface area contributed by atoms with Gasteiger partial charge in [0.2, 0.25) is 0 Å². The molecule has 4 fully saturated rings. The molecule has 23 heavy (non-hydrogen) atoms. The minimum absolute atomic E-state index is 0.0283. The Kier molecular flexibility index (Phi) is 3.59. The van der Waals surface area contributed by atoms with Crippen molar-refractivity contribution in [2.45, 2.75) is 71.2 Å². The molecule has 7 atom stereocenters. The Balaban J connectivity index is 1.54. The molecule has 2 aliphatic heterocycles. The van der Waals surface area contributed by atoms with E-state index >= 15 is 0 Å². The number of rotatable bonds is 4. The molecule has 4 heteroatoms. The lowest BCUT2D eigenvalue weighted by Crippen LogP contribution is -2.87. The third kappa shape index (κ3) is 2.13. The lowest BCUT2D eigenvalue weighted by atomic mass is 9.53. The molecular formula is C19H32NO3+. The fourth-order valence-electron chi connectivity index (χ4n) is 6.11. The summed E-state index contributed by atoms with van der Waals surface area (Å²) in [6, 6.07) is 0. The molecule has 0 bridgehead atoms. The van der Waals surface area contributed by atoms with E-state index in [1.54, 1.807) is 0 Å². The Hall–Kier alpha value is -0.610. The normalized spacial score (nSPS) is 51.0. The first-order valence-corrected chi connectivity index (χ1v) is 9.59. The van der Waals surface area contributed by atoms with Gasteiger partial charge in [-0.15, -0.1) is 0 Å². The number of hydrogen-bond acceptors (Lipinski definition) is 3. The molecule has 4 aliphatic rings. The number of epoxide rings is 1. The van der Waals surface area contributed by atoms with E-state index in [2.05, 4.69) is 33.0 Å². The van der Waals surface area contributed by atoms with Crippen molar-refractivity contribution in [3.63, 3.8) is 0 Å². The first-order valence-electron chi connectivity index (χ1n) is 9.59. The van der Waals surface area contributed by atoms with Crippen molar-refractivity contribution in [2.24, 2.45) is 29.1 Å². The fraction of sp³-hybridized carbons (Fsp3) is 0.947. The molecule has 0 aromatic heterocycles. The van der Waals surface area contributed by atoms with Gasteiger partial charge < -0.3 is 14.8 Å². The Morgan fingerprint density at radius 1 is 1.39 bits per heavy atom. The second-order valence-electron chi connectivity index (χ2n) is 9.20. The zero-order valence-electron chi connectivity index (χ0n) is 15.0. The highest BCUT2D eigenvalue weighted by Gasteiger charge is 2.78. The van der Waals surface area contributed by atoms with E-state index < -0.39 is 0 Å². The third-order valence-electron chi connectivity index (χ3n) is 7.25. The third-order valence-corrected chi connectivity index (χ3v) is 7.25. The first kappa shape index (κ1) is 15.9. The Bertz CT molecular complexity index is 507. The minimum atomic E-state index is 0.0283. The van der Waals surface area contributed by atoms with E-state index in [-0.39, 0.29) is 35.1 Å². The van der Waals surface area contributed by atoms with E-state index in [1.807, 2.05) is 0 Å². The summed E-state index contributed by atoms with van der Waals surface area (Å²) in [5.74, 6) is 1.62. The topological polar surface area (TPSA) is 55.4 Å². The number of quaternary nitrogens is 1. The number of carbonyl (C=O) groups excluding carboxylic acids is 1. The lowest BCUT2D eigenvalue weighted by molar-refractivity contribution is -0.664. The summed E-state index contributed by atoms with van der Waals surface area (Å²) < 4.78 is 12.3. The molecule has 0 unspecified atom stereocenters. The molecular weight excluding hydrogens is 290 g/mol. The summed E-state index contributed by atoms with van der Waals surface area (Å²) in [5.41, 5.74) is 0.240. The van der Waals surface area contributed by atoms with Crippen molar-refractivity contribution in [1.82, 2.24) is 0 Å². The SMILES string of the molecule is CC(C)C[NH2+]C[C@H]1C(=O)O[C@@H]2C[C@@]3(C)CCC[C@H](C)[C@@]34O[C@H]4[C@@H]21. The van der Waals surface area contributed by atoms with E-state index in [0.717, 1.165) is 19.5 Å². The van der Waals surface area contributed by atoms with Gasteiger partial charge in [0.05, 0.1) is 19.2 Å². The van der Waals surface area contributed by atoms with Crippen LogP contribution in [0.25, 0.3) is 0 Å². The Morgan fingerprint density at radius 2 is 2.17 bits per heavy atom. The van der Waals surface area contributed by atoms with Crippen molar-refractivity contribution in [3.05, 3.63) is 0 Å². The second kappa shape index (κ2) is 5.19. The Morgan fingerprint density at radius 3 is 2.91 bits per heavy atom. The summed E-state index contributed by atoms with van der Waals surface area (Å²) in [7, 11) is 0. The zero-order valence-corrected chi connectivity index (χ0v) is 15.0. The molecule has 0 aromatic rings. The van der Waals surface area contributed by atoms with Crippen LogP contribution in [0.15, 0.2) is 0 Å². The van der Waals surface area contributed by atoms with Gasteiger partial charge in [0, 0.05) is 17.3 Å². The number of hydrogen-bond donors (Lipinski definition) is 1. The number of esters is 1. The lowest BCUT2D eigenvalue weighted by Gasteiger charge is -2.48. The molecule has 2 N–H and O–H groups in total. The molecule has 2 aliphatic carbocycles. The molecule has 2 heterocycles. The highest BCUT2D eigenvalue weighted by molar-refractivity contribution is 5.76. The molecule has 4 rings (SSSR count). The standard InChI is InChI=1S/C19H31NO3/c1-11(2)9-20-10-13-15-14(22-17(13)21)8-18(4)7-5-6-12(3)19(18)16(15)23-19/h11-16,20H,5-10H2,1-4H3/p+1/t12-,13+,14+,15+,16-,18+,19-/m0/s1. The van der Waals surface area contributed by atoms with Crippen LogP contribution in [0.2, 0.25) is 0 Å². The van der Waals surface area contributed by atoms with Gasteiger partial charge in [-0.2, -0.15) is 0 Å². The predicted molar refractivity (Wildman–Crippen MR) is 86.7 cm³/mol. The van der Waals surface area contributed by atoms with Crippen LogP contribution >= 0.6 is 0 Å². The fourth-order valence-corrected chi connectivity index (χ4v) is 6.11. The van der Waals surface area contributed by atoms with Gasteiger partial charge in [-0.3, -0.25) is 4.79 Å². The molecule has 0 radical (unpaired) electrons. The van der Waals surface area contributed by atoms with E-state index in [4.69, 9.17) is 9.47 Å². The van der Waals surface area contributed by atoms with Gasteiger partial charge in [0.15, 0.2) is 0 Å². The quantitative estimate of drug-likeness (QED) is 0.633. The first-order chi connectivity index (χ1) is 10.9. The number of nitrogens with two attached hydrogens (primary N) is 1. The number of carbonyl (C=O) groups is 1. The van der Waals surface area contributed by atoms with Gasteiger partial charge in [0.25, 0.3) is 0 Å². The summed E-state index contributed by atoms with van der Waals surface area (Å²) in [6.45, 7) is 11.1. The molecule has 130 valence electrons. The van der Waals surface area contributed by atoms with Crippen LogP contribution in [0.1, 0.15) is 53.4 Å². The maximum absolute atomic E-state index is 12.5. The summed E-state index contributed by atoms with van der Waals surface area (Å²) in [5, 5.41) is 2.30. The van der Waals surface area contributed by atoms with Crippen molar-refractivity contribution < 1.29 is 19.6 Å². The second-order valence-corrected chi connectivity index (χ2v) is 9.20. The van der Waals surface area contributed by atoms with Crippen LogP contribution in [0.3, 0.4) is 0 Å². The summed E-state index contributed by atoms with van der Waals surface area (Å²) >= 11 is 0. The predicted octanol–water partition coefficient (Wildman–Crippen LogP) is 1.73. The Labute approximate surface area is 139 Å². The van der Waals surface area contributed by atoms with Crippen LogP contribution in [0.5, 0.6) is 0 Å². The van der Waals surface area contributed by atoms with Crippen LogP contribution in [0, 0.1) is 29.1 Å². The van der Waals surface area contributed by atoms with E-state index in [1.165, 1.54) is 19.3 Å². The van der Waals surface area contributed by atoms with Gasteiger partial charge in [-0.1, -0.05) is 34.1 Å². The van der Waals surface area contributed by atoms with Gasteiger partial charge >= 0.3 is 5.97 Å². The molecule has 0 amide bonds. The maximum atomic E-state index is 12.5. The average Bonchev–Trinajstić information content (AvgIpc) is 3.14. The van der Waals surface area contributed by atoms with Crippen LogP contribution in [-0.2, 0) is 14.3 Å². The molecule has 0 aromatic carbocycles.